The van der Waals surface area contributed by atoms with E-state index in [1.807, 2.05) is 0 Å². The maximum atomic E-state index is 13.6. The van der Waals surface area contributed by atoms with Crippen LogP contribution in [-0.4, -0.2) is 30.3 Å². The third-order valence-electron chi connectivity index (χ3n) is 3.53. The molecule has 1 fully saturated rings. The van der Waals surface area contributed by atoms with E-state index in [2.05, 4.69) is 5.32 Å². The standard InChI is InChI=1S/C15H20FNO3/c16-14-5-4-11(15(18)19)9-12(14)10-17-7-6-13-3-1-2-8-20-13/h4-5,9,13,17H,1-3,6-8,10H2,(H,18,19). The van der Waals surface area contributed by atoms with E-state index in [0.29, 0.717) is 18.2 Å². The SMILES string of the molecule is O=C(O)c1ccc(F)c(CNCCC2CCCCO2)c1. The average molecular weight is 281 g/mol. The minimum Gasteiger partial charge on any atom is -0.478 e. The average Bonchev–Trinajstić information content (AvgIpc) is 2.46. The Hall–Kier alpha value is -1.46. The van der Waals surface area contributed by atoms with E-state index in [1.54, 1.807) is 0 Å². The van der Waals surface area contributed by atoms with Crippen molar-refractivity contribution in [1.82, 2.24) is 5.32 Å². The summed E-state index contributed by atoms with van der Waals surface area (Å²) in [6, 6.07) is 3.85. The lowest BCUT2D eigenvalue weighted by Gasteiger charge is -2.22. The number of halogens is 1. The van der Waals surface area contributed by atoms with Crippen molar-refractivity contribution >= 4 is 5.97 Å². The van der Waals surface area contributed by atoms with Crippen LogP contribution in [0, 0.1) is 5.82 Å². The van der Waals surface area contributed by atoms with Crippen LogP contribution < -0.4 is 5.32 Å². The first-order valence-electron chi connectivity index (χ1n) is 7.01. The van der Waals surface area contributed by atoms with E-state index in [0.717, 1.165) is 32.4 Å². The molecule has 0 radical (unpaired) electrons. The van der Waals surface area contributed by atoms with Gasteiger partial charge in [-0.3, -0.25) is 0 Å². The molecule has 1 unspecified atom stereocenters. The number of carbonyl (C=O) groups is 1. The van der Waals surface area contributed by atoms with Crippen molar-refractivity contribution in [3.63, 3.8) is 0 Å². The molecule has 1 aliphatic heterocycles. The second-order valence-corrected chi connectivity index (χ2v) is 5.07. The van der Waals surface area contributed by atoms with Crippen molar-refractivity contribution in [2.24, 2.45) is 0 Å². The molecule has 0 amide bonds. The third kappa shape index (κ3) is 4.28. The van der Waals surface area contributed by atoms with Crippen molar-refractivity contribution in [3.8, 4) is 0 Å². The summed E-state index contributed by atoms with van der Waals surface area (Å²) < 4.78 is 19.2. The van der Waals surface area contributed by atoms with Crippen LogP contribution in [0.15, 0.2) is 18.2 Å². The van der Waals surface area contributed by atoms with Gasteiger partial charge in [0.05, 0.1) is 11.7 Å². The fourth-order valence-electron chi connectivity index (χ4n) is 2.36. The van der Waals surface area contributed by atoms with Gasteiger partial charge in [-0.2, -0.15) is 0 Å². The van der Waals surface area contributed by atoms with E-state index >= 15 is 0 Å². The van der Waals surface area contributed by atoms with Crippen LogP contribution in [0.5, 0.6) is 0 Å². The zero-order chi connectivity index (χ0) is 14.4. The van der Waals surface area contributed by atoms with E-state index in [4.69, 9.17) is 9.84 Å². The van der Waals surface area contributed by atoms with Gasteiger partial charge in [0.15, 0.2) is 0 Å². The van der Waals surface area contributed by atoms with E-state index in [1.165, 1.54) is 24.6 Å². The maximum absolute atomic E-state index is 13.6. The Labute approximate surface area is 117 Å². The largest absolute Gasteiger partial charge is 0.478 e. The van der Waals surface area contributed by atoms with Crippen LogP contribution in [0.25, 0.3) is 0 Å². The Balaban J connectivity index is 1.78. The molecule has 20 heavy (non-hydrogen) atoms. The molecule has 1 heterocycles. The quantitative estimate of drug-likeness (QED) is 0.787. The first kappa shape index (κ1) is 14.9. The number of aromatic carboxylic acids is 1. The van der Waals surface area contributed by atoms with Crippen LogP contribution >= 0.6 is 0 Å². The minimum atomic E-state index is -1.04. The van der Waals surface area contributed by atoms with Crippen LogP contribution in [0.4, 0.5) is 4.39 Å². The molecule has 0 bridgehead atoms. The molecule has 0 spiro atoms. The van der Waals surface area contributed by atoms with Gasteiger partial charge in [0.25, 0.3) is 0 Å². The third-order valence-corrected chi connectivity index (χ3v) is 3.53. The number of ether oxygens (including phenoxy) is 1. The van der Waals surface area contributed by atoms with Gasteiger partial charge in [0.2, 0.25) is 0 Å². The Morgan fingerprint density at radius 2 is 2.30 bits per heavy atom. The van der Waals surface area contributed by atoms with Gasteiger partial charge in [0.1, 0.15) is 5.82 Å². The second kappa shape index (κ2) is 7.36. The number of rotatable bonds is 6. The van der Waals surface area contributed by atoms with Gasteiger partial charge in [-0.15, -0.1) is 0 Å². The summed E-state index contributed by atoms with van der Waals surface area (Å²) in [5.74, 6) is -1.42. The predicted octanol–water partition coefficient (Wildman–Crippen LogP) is 2.57. The van der Waals surface area contributed by atoms with Crippen molar-refractivity contribution in [1.29, 1.82) is 0 Å². The molecule has 1 aromatic carbocycles. The molecule has 1 atom stereocenters. The summed E-state index contributed by atoms with van der Waals surface area (Å²) in [7, 11) is 0. The highest BCUT2D eigenvalue weighted by atomic mass is 19.1. The molecule has 5 heteroatoms. The van der Waals surface area contributed by atoms with Crippen molar-refractivity contribution < 1.29 is 19.0 Å². The van der Waals surface area contributed by atoms with E-state index < -0.39 is 5.97 Å². The first-order chi connectivity index (χ1) is 9.66. The van der Waals surface area contributed by atoms with Crippen LogP contribution in [-0.2, 0) is 11.3 Å². The van der Waals surface area contributed by atoms with E-state index in [-0.39, 0.29) is 11.4 Å². The summed E-state index contributed by atoms with van der Waals surface area (Å²) >= 11 is 0. The zero-order valence-corrected chi connectivity index (χ0v) is 11.4. The summed E-state index contributed by atoms with van der Waals surface area (Å²) in [4.78, 5) is 10.8. The minimum absolute atomic E-state index is 0.110. The lowest BCUT2D eigenvalue weighted by atomic mass is 10.1. The lowest BCUT2D eigenvalue weighted by molar-refractivity contribution is 0.0115. The number of benzene rings is 1. The van der Waals surface area contributed by atoms with Gasteiger partial charge >= 0.3 is 5.97 Å². The van der Waals surface area contributed by atoms with Gasteiger partial charge in [0, 0.05) is 18.7 Å². The zero-order valence-electron chi connectivity index (χ0n) is 11.4. The fourth-order valence-corrected chi connectivity index (χ4v) is 2.36. The molecule has 2 rings (SSSR count). The van der Waals surface area contributed by atoms with Gasteiger partial charge in [-0.1, -0.05) is 0 Å². The van der Waals surface area contributed by atoms with Crippen molar-refractivity contribution in [2.75, 3.05) is 13.2 Å². The van der Waals surface area contributed by atoms with Crippen LogP contribution in [0.3, 0.4) is 0 Å². The molecule has 0 aliphatic carbocycles. The highest BCUT2D eigenvalue weighted by Gasteiger charge is 2.13. The highest BCUT2D eigenvalue weighted by molar-refractivity contribution is 5.87. The van der Waals surface area contributed by atoms with E-state index in [9.17, 15) is 9.18 Å². The van der Waals surface area contributed by atoms with Gasteiger partial charge < -0.3 is 15.2 Å². The fraction of sp³-hybridized carbons (Fsp3) is 0.533. The topological polar surface area (TPSA) is 58.6 Å². The predicted molar refractivity (Wildman–Crippen MR) is 73.3 cm³/mol. The molecule has 0 aromatic heterocycles. The number of hydrogen-bond donors (Lipinski definition) is 2. The summed E-state index contributed by atoms with van der Waals surface area (Å²) in [5, 5.41) is 12.0. The Morgan fingerprint density at radius 3 is 3.00 bits per heavy atom. The number of carboxylic acid groups (broad SMARTS) is 1. The molecular weight excluding hydrogens is 261 g/mol. The molecule has 4 nitrogen and oxygen atoms in total. The number of carboxylic acids is 1. The second-order valence-electron chi connectivity index (χ2n) is 5.07. The number of nitrogens with one attached hydrogen (secondary N) is 1. The summed E-state index contributed by atoms with van der Waals surface area (Å²) in [5.41, 5.74) is 0.494. The van der Waals surface area contributed by atoms with Crippen LogP contribution in [0.1, 0.15) is 41.6 Å². The molecule has 1 aliphatic rings. The lowest BCUT2D eigenvalue weighted by Crippen LogP contribution is -2.25. The van der Waals surface area contributed by atoms with Crippen molar-refractivity contribution in [3.05, 3.63) is 35.1 Å². The number of hydrogen-bond acceptors (Lipinski definition) is 3. The summed E-state index contributed by atoms with van der Waals surface area (Å²) in [6.45, 7) is 1.90. The molecular formula is C15H20FNO3. The van der Waals surface area contributed by atoms with Gasteiger partial charge in [-0.05, 0) is 50.4 Å². The monoisotopic (exact) mass is 281 g/mol. The Bertz CT molecular complexity index is 458. The summed E-state index contributed by atoms with van der Waals surface area (Å²) in [6.07, 6.45) is 4.63. The van der Waals surface area contributed by atoms with Crippen molar-refractivity contribution in [2.45, 2.75) is 38.3 Å². The molecule has 2 N–H and O–H groups in total. The smallest absolute Gasteiger partial charge is 0.335 e. The molecule has 1 aromatic rings. The van der Waals surface area contributed by atoms with Gasteiger partial charge in [-0.25, -0.2) is 9.18 Å². The molecule has 0 saturated carbocycles. The first-order valence-corrected chi connectivity index (χ1v) is 7.01. The maximum Gasteiger partial charge on any atom is 0.335 e. The van der Waals surface area contributed by atoms with Crippen LogP contribution in [0.2, 0.25) is 0 Å². The normalized spacial score (nSPS) is 18.9. The molecule has 110 valence electrons. The Kier molecular flexibility index (Phi) is 5.49. The molecule has 1 saturated heterocycles. The highest BCUT2D eigenvalue weighted by Crippen LogP contribution is 2.15. The Morgan fingerprint density at radius 1 is 1.45 bits per heavy atom.